The number of aromatic hydroxyl groups is 1. The number of phenols is 1. The molecule has 2 rings (SSSR count). The molecule has 0 bridgehead atoms. The van der Waals surface area contributed by atoms with Crippen LogP contribution in [0.15, 0.2) is 34.8 Å². The Hall–Kier alpha value is -2.25. The lowest BCUT2D eigenvalue weighted by Gasteiger charge is -2.13. The molecule has 0 heterocycles. The molecule has 0 fully saturated rings. The average molecular weight is 429 g/mol. The van der Waals surface area contributed by atoms with Gasteiger partial charge in [-0.15, -0.1) is 0 Å². The van der Waals surface area contributed by atoms with Crippen LogP contribution < -0.4 is 10.1 Å². The zero-order chi connectivity index (χ0) is 18.6. The molecule has 0 amide bonds. The number of methoxy groups -OCH3 is 1. The lowest BCUT2D eigenvalue weighted by Crippen LogP contribution is -2.10. The van der Waals surface area contributed by atoms with Gasteiger partial charge in [0.1, 0.15) is 17.1 Å². The van der Waals surface area contributed by atoms with E-state index in [1.54, 1.807) is 18.2 Å². The highest BCUT2D eigenvalue weighted by Gasteiger charge is 2.16. The smallest absolute Gasteiger partial charge is 0.341 e. The number of rotatable bonds is 5. The summed E-state index contributed by atoms with van der Waals surface area (Å²) in [4.78, 5) is 23.0. The van der Waals surface area contributed by atoms with Gasteiger partial charge in [-0.1, -0.05) is 27.5 Å². The number of carbonyl (C=O) groups is 2. The Labute approximate surface area is 157 Å². The normalized spacial score (nSPS) is 10.2. The molecule has 0 atom stereocenters. The summed E-state index contributed by atoms with van der Waals surface area (Å²) in [7, 11) is 1.24. The first-order valence-electron chi connectivity index (χ1n) is 7.13. The quantitative estimate of drug-likeness (QED) is 0.550. The molecule has 0 aromatic heterocycles. The number of esters is 2. The van der Waals surface area contributed by atoms with E-state index >= 15 is 0 Å². The van der Waals surface area contributed by atoms with Crippen LogP contribution in [0.2, 0.25) is 5.02 Å². The fourth-order valence-corrected chi connectivity index (χ4v) is 2.98. The van der Waals surface area contributed by atoms with Crippen LogP contribution >= 0.6 is 27.5 Å². The fraction of sp³-hybridized carbons (Fsp3) is 0.176. The largest absolute Gasteiger partial charge is 0.506 e. The molecular weight excluding hydrogens is 414 g/mol. The number of hydrogen-bond donors (Lipinski definition) is 2. The van der Waals surface area contributed by atoms with E-state index in [9.17, 15) is 14.7 Å². The number of halogens is 2. The molecule has 2 aromatic rings. The lowest BCUT2D eigenvalue weighted by molar-refractivity contribution is -0.131. The van der Waals surface area contributed by atoms with Gasteiger partial charge in [-0.3, -0.25) is 4.79 Å². The predicted molar refractivity (Wildman–Crippen MR) is 97.2 cm³/mol. The van der Waals surface area contributed by atoms with E-state index in [-0.39, 0.29) is 28.6 Å². The lowest BCUT2D eigenvalue weighted by atomic mass is 10.1. The summed E-state index contributed by atoms with van der Waals surface area (Å²) in [6.45, 7) is 1.50. The van der Waals surface area contributed by atoms with Gasteiger partial charge in [0.05, 0.1) is 12.1 Å². The van der Waals surface area contributed by atoms with Gasteiger partial charge in [0.2, 0.25) is 0 Å². The standard InChI is InChI=1S/C17H15BrClNO5/c1-9(21)25-15-7-12(3-4-13(15)17(23)24-2)20-8-10-5-11(18)6-14(19)16(10)22/h3-7,20,22H,8H2,1-2H3. The van der Waals surface area contributed by atoms with Crippen molar-refractivity contribution in [2.45, 2.75) is 13.5 Å². The third-order valence-corrected chi connectivity index (χ3v) is 3.98. The molecule has 25 heavy (non-hydrogen) atoms. The van der Waals surface area contributed by atoms with Gasteiger partial charge in [-0.25, -0.2) is 4.79 Å². The Kier molecular flexibility index (Phi) is 6.27. The number of nitrogens with one attached hydrogen (secondary N) is 1. The zero-order valence-corrected chi connectivity index (χ0v) is 15.8. The molecule has 2 aromatic carbocycles. The molecule has 6 nitrogen and oxygen atoms in total. The van der Waals surface area contributed by atoms with Gasteiger partial charge in [0.15, 0.2) is 0 Å². The van der Waals surface area contributed by atoms with Crippen LogP contribution in [0.5, 0.6) is 11.5 Å². The van der Waals surface area contributed by atoms with E-state index in [0.717, 1.165) is 4.47 Å². The number of carbonyl (C=O) groups excluding carboxylic acids is 2. The van der Waals surface area contributed by atoms with E-state index in [1.165, 1.54) is 26.2 Å². The van der Waals surface area contributed by atoms with Crippen molar-refractivity contribution >= 4 is 45.2 Å². The summed E-state index contributed by atoms with van der Waals surface area (Å²) in [5.41, 5.74) is 1.29. The van der Waals surface area contributed by atoms with Gasteiger partial charge < -0.3 is 19.9 Å². The predicted octanol–water partition coefficient (Wildman–Crippen LogP) is 4.13. The Bertz CT molecular complexity index is 825. The van der Waals surface area contributed by atoms with Crippen LogP contribution in [0, 0.1) is 0 Å². The minimum atomic E-state index is -0.612. The monoisotopic (exact) mass is 427 g/mol. The van der Waals surface area contributed by atoms with E-state index < -0.39 is 11.9 Å². The van der Waals surface area contributed by atoms with Gasteiger partial charge in [0, 0.05) is 35.3 Å². The number of ether oxygens (including phenoxy) is 2. The molecule has 0 aliphatic heterocycles. The van der Waals surface area contributed by atoms with Crippen LogP contribution in [0.4, 0.5) is 5.69 Å². The minimum absolute atomic E-state index is 0.0243. The first-order chi connectivity index (χ1) is 11.8. The van der Waals surface area contributed by atoms with Crippen molar-refractivity contribution in [1.29, 1.82) is 0 Å². The average Bonchev–Trinajstić information content (AvgIpc) is 2.55. The first kappa shape index (κ1) is 19.1. The molecule has 0 aliphatic carbocycles. The molecule has 132 valence electrons. The SMILES string of the molecule is COC(=O)c1ccc(NCc2cc(Br)cc(Cl)c2O)cc1OC(C)=O. The molecule has 8 heteroatoms. The van der Waals surface area contributed by atoms with Gasteiger partial charge in [0.25, 0.3) is 0 Å². The van der Waals surface area contributed by atoms with Gasteiger partial charge >= 0.3 is 11.9 Å². The summed E-state index contributed by atoms with van der Waals surface area (Å²) < 4.78 is 10.5. The van der Waals surface area contributed by atoms with Crippen LogP contribution in [-0.4, -0.2) is 24.2 Å². The molecule has 0 aliphatic rings. The van der Waals surface area contributed by atoms with Crippen LogP contribution in [0.25, 0.3) is 0 Å². The van der Waals surface area contributed by atoms with Crippen molar-refractivity contribution in [2.75, 3.05) is 12.4 Å². The van der Waals surface area contributed by atoms with E-state index in [1.807, 2.05) is 0 Å². The Balaban J connectivity index is 2.25. The minimum Gasteiger partial charge on any atom is -0.506 e. The van der Waals surface area contributed by atoms with Crippen LogP contribution in [0.1, 0.15) is 22.8 Å². The highest BCUT2D eigenvalue weighted by molar-refractivity contribution is 9.10. The maximum absolute atomic E-state index is 11.7. The highest BCUT2D eigenvalue weighted by atomic mass is 79.9. The van der Waals surface area contributed by atoms with E-state index in [2.05, 4.69) is 26.0 Å². The van der Waals surface area contributed by atoms with Crippen molar-refractivity contribution in [3.8, 4) is 11.5 Å². The maximum Gasteiger partial charge on any atom is 0.341 e. The van der Waals surface area contributed by atoms with E-state index in [4.69, 9.17) is 16.3 Å². The summed E-state index contributed by atoms with van der Waals surface area (Å²) in [5, 5.41) is 13.3. The number of phenolic OH excluding ortho intramolecular Hbond substituents is 1. The molecule has 0 radical (unpaired) electrons. The summed E-state index contributed by atoms with van der Waals surface area (Å²) >= 11 is 9.25. The number of benzene rings is 2. The number of anilines is 1. The van der Waals surface area contributed by atoms with Gasteiger partial charge in [-0.2, -0.15) is 0 Å². The topological polar surface area (TPSA) is 84.9 Å². The summed E-state index contributed by atoms with van der Waals surface area (Å²) in [5.74, 6) is -1.11. The molecule has 0 unspecified atom stereocenters. The van der Waals surface area contributed by atoms with Crippen LogP contribution in [0.3, 0.4) is 0 Å². The fourth-order valence-electron chi connectivity index (χ4n) is 2.10. The Morgan fingerprint density at radius 1 is 1.28 bits per heavy atom. The third-order valence-electron chi connectivity index (χ3n) is 3.23. The van der Waals surface area contributed by atoms with E-state index in [0.29, 0.717) is 11.3 Å². The number of hydrogen-bond acceptors (Lipinski definition) is 6. The van der Waals surface area contributed by atoms with Gasteiger partial charge in [-0.05, 0) is 24.3 Å². The van der Waals surface area contributed by atoms with Crippen LogP contribution in [-0.2, 0) is 16.1 Å². The highest BCUT2D eigenvalue weighted by Crippen LogP contribution is 2.32. The second-order valence-electron chi connectivity index (χ2n) is 5.05. The van der Waals surface area contributed by atoms with Crippen molar-refractivity contribution in [2.24, 2.45) is 0 Å². The molecule has 0 saturated carbocycles. The molecule has 0 saturated heterocycles. The van der Waals surface area contributed by atoms with Crippen molar-refractivity contribution < 1.29 is 24.2 Å². The Morgan fingerprint density at radius 3 is 2.64 bits per heavy atom. The maximum atomic E-state index is 11.7. The first-order valence-corrected chi connectivity index (χ1v) is 8.30. The molecule has 0 spiro atoms. The second-order valence-corrected chi connectivity index (χ2v) is 6.37. The van der Waals surface area contributed by atoms with Crippen molar-refractivity contribution in [3.05, 3.63) is 51.0 Å². The summed E-state index contributed by atoms with van der Waals surface area (Å²) in [6, 6.07) is 7.94. The summed E-state index contributed by atoms with van der Waals surface area (Å²) in [6.07, 6.45) is 0. The van der Waals surface area contributed by atoms with Crippen molar-refractivity contribution in [1.82, 2.24) is 0 Å². The zero-order valence-electron chi connectivity index (χ0n) is 13.4. The Morgan fingerprint density at radius 2 is 2.00 bits per heavy atom. The second kappa shape index (κ2) is 8.22. The molecular formula is C17H15BrClNO5. The molecule has 2 N–H and O–H groups in total. The van der Waals surface area contributed by atoms with Crippen molar-refractivity contribution in [3.63, 3.8) is 0 Å². The third kappa shape index (κ3) is 4.87.